The first-order valence-electron chi connectivity index (χ1n) is 6.04. The van der Waals surface area contributed by atoms with Gasteiger partial charge in [0.05, 0.1) is 11.6 Å². The summed E-state index contributed by atoms with van der Waals surface area (Å²) in [6.07, 6.45) is 0.904. The molecule has 1 rings (SSSR count). The highest BCUT2D eigenvalue weighted by Gasteiger charge is 2.14. The maximum Gasteiger partial charge on any atom is 0.321 e. The van der Waals surface area contributed by atoms with Crippen LogP contribution >= 0.6 is 0 Å². The SMILES string of the molecule is CCC(C)N(C)C(=O)Nc1cc(C#N)ccc1C. The topological polar surface area (TPSA) is 56.1 Å². The number of urea groups is 1. The predicted octanol–water partition coefficient (Wildman–Crippen LogP) is 3.13. The number of benzene rings is 1. The van der Waals surface area contributed by atoms with E-state index in [4.69, 9.17) is 5.26 Å². The van der Waals surface area contributed by atoms with Gasteiger partial charge in [0, 0.05) is 18.8 Å². The molecule has 0 spiro atoms. The van der Waals surface area contributed by atoms with Crippen molar-refractivity contribution in [3.63, 3.8) is 0 Å². The lowest BCUT2D eigenvalue weighted by Gasteiger charge is -2.24. The number of aryl methyl sites for hydroxylation is 1. The molecule has 4 heteroatoms. The molecule has 1 atom stereocenters. The zero-order valence-corrected chi connectivity index (χ0v) is 11.3. The van der Waals surface area contributed by atoms with Gasteiger partial charge >= 0.3 is 6.03 Å². The Morgan fingerprint density at radius 1 is 1.56 bits per heavy atom. The molecule has 96 valence electrons. The van der Waals surface area contributed by atoms with Crippen molar-refractivity contribution in [2.45, 2.75) is 33.2 Å². The number of carbonyl (C=O) groups excluding carboxylic acids is 1. The van der Waals surface area contributed by atoms with Crippen LogP contribution in [0, 0.1) is 18.3 Å². The van der Waals surface area contributed by atoms with Gasteiger partial charge in [-0.3, -0.25) is 0 Å². The summed E-state index contributed by atoms with van der Waals surface area (Å²) in [7, 11) is 1.77. The molecule has 0 radical (unpaired) electrons. The van der Waals surface area contributed by atoms with Crippen molar-refractivity contribution in [2.75, 3.05) is 12.4 Å². The van der Waals surface area contributed by atoms with Crippen molar-refractivity contribution in [2.24, 2.45) is 0 Å². The molecule has 0 bridgehead atoms. The van der Waals surface area contributed by atoms with Crippen LogP contribution in [0.15, 0.2) is 18.2 Å². The number of nitriles is 1. The van der Waals surface area contributed by atoms with Crippen LogP contribution in [0.2, 0.25) is 0 Å². The molecule has 0 aliphatic rings. The van der Waals surface area contributed by atoms with E-state index < -0.39 is 0 Å². The highest BCUT2D eigenvalue weighted by molar-refractivity contribution is 5.90. The second-order valence-corrected chi connectivity index (χ2v) is 4.44. The molecule has 1 N–H and O–H groups in total. The van der Waals surface area contributed by atoms with Crippen molar-refractivity contribution in [3.8, 4) is 6.07 Å². The Balaban J connectivity index is 2.85. The van der Waals surface area contributed by atoms with Crippen molar-refractivity contribution < 1.29 is 4.79 Å². The largest absolute Gasteiger partial charge is 0.325 e. The minimum absolute atomic E-state index is 0.150. The maximum absolute atomic E-state index is 12.0. The molecule has 0 aliphatic carbocycles. The van der Waals surface area contributed by atoms with Crippen molar-refractivity contribution in [1.82, 2.24) is 4.90 Å². The Hall–Kier alpha value is -2.02. The Morgan fingerprint density at radius 3 is 2.78 bits per heavy atom. The van der Waals surface area contributed by atoms with Gasteiger partial charge in [0.15, 0.2) is 0 Å². The molecule has 0 aliphatic heterocycles. The zero-order chi connectivity index (χ0) is 13.7. The van der Waals surface area contributed by atoms with Gasteiger partial charge in [-0.15, -0.1) is 0 Å². The summed E-state index contributed by atoms with van der Waals surface area (Å²) >= 11 is 0. The Morgan fingerprint density at radius 2 is 2.22 bits per heavy atom. The van der Waals surface area contributed by atoms with E-state index in [0.29, 0.717) is 11.3 Å². The highest BCUT2D eigenvalue weighted by Crippen LogP contribution is 2.17. The molecule has 1 unspecified atom stereocenters. The molecule has 4 nitrogen and oxygen atoms in total. The molecule has 0 heterocycles. The summed E-state index contributed by atoms with van der Waals surface area (Å²) < 4.78 is 0. The van der Waals surface area contributed by atoms with E-state index in [0.717, 1.165) is 12.0 Å². The van der Waals surface area contributed by atoms with Crippen LogP contribution in [0.25, 0.3) is 0 Å². The number of nitrogens with one attached hydrogen (secondary N) is 1. The van der Waals surface area contributed by atoms with Crippen LogP contribution in [0.5, 0.6) is 0 Å². The lowest BCUT2D eigenvalue weighted by Crippen LogP contribution is -2.38. The van der Waals surface area contributed by atoms with Gasteiger partial charge in [0.25, 0.3) is 0 Å². The third-order valence-electron chi connectivity index (χ3n) is 3.18. The average Bonchev–Trinajstić information content (AvgIpc) is 2.39. The fourth-order valence-electron chi connectivity index (χ4n) is 1.50. The fraction of sp³-hybridized carbons (Fsp3) is 0.429. The van der Waals surface area contributed by atoms with E-state index in [1.807, 2.05) is 26.8 Å². The van der Waals surface area contributed by atoms with E-state index in [1.54, 1.807) is 24.1 Å². The van der Waals surface area contributed by atoms with Crippen LogP contribution in [-0.2, 0) is 0 Å². The molecular weight excluding hydrogens is 226 g/mol. The lowest BCUT2D eigenvalue weighted by molar-refractivity contribution is 0.206. The van der Waals surface area contributed by atoms with E-state index in [-0.39, 0.29) is 12.1 Å². The number of nitrogens with zero attached hydrogens (tertiary/aromatic N) is 2. The van der Waals surface area contributed by atoms with Crippen molar-refractivity contribution in [3.05, 3.63) is 29.3 Å². The minimum Gasteiger partial charge on any atom is -0.325 e. The quantitative estimate of drug-likeness (QED) is 0.889. The smallest absolute Gasteiger partial charge is 0.321 e. The highest BCUT2D eigenvalue weighted by atomic mass is 16.2. The van der Waals surface area contributed by atoms with Crippen molar-refractivity contribution >= 4 is 11.7 Å². The first kappa shape index (κ1) is 14.0. The average molecular weight is 245 g/mol. The lowest BCUT2D eigenvalue weighted by atomic mass is 10.1. The van der Waals surface area contributed by atoms with Gasteiger partial charge in [0.1, 0.15) is 0 Å². The monoisotopic (exact) mass is 245 g/mol. The first-order chi connectivity index (χ1) is 8.49. The van der Waals surface area contributed by atoms with Gasteiger partial charge in [-0.25, -0.2) is 4.79 Å². The zero-order valence-electron chi connectivity index (χ0n) is 11.3. The molecule has 18 heavy (non-hydrogen) atoms. The Kier molecular flexibility index (Phi) is 4.73. The molecule has 0 saturated heterocycles. The molecule has 0 aromatic heterocycles. The number of amides is 2. The van der Waals surface area contributed by atoms with E-state index in [9.17, 15) is 4.79 Å². The Labute approximate surface area is 108 Å². The van der Waals surface area contributed by atoms with Gasteiger partial charge in [0.2, 0.25) is 0 Å². The van der Waals surface area contributed by atoms with Gasteiger partial charge in [-0.2, -0.15) is 5.26 Å². The summed E-state index contributed by atoms with van der Waals surface area (Å²) in [6, 6.07) is 7.36. The summed E-state index contributed by atoms with van der Waals surface area (Å²) in [6.45, 7) is 5.94. The maximum atomic E-state index is 12.0. The van der Waals surface area contributed by atoms with Crippen LogP contribution in [-0.4, -0.2) is 24.0 Å². The van der Waals surface area contributed by atoms with Gasteiger partial charge in [-0.1, -0.05) is 13.0 Å². The number of hydrogen-bond donors (Lipinski definition) is 1. The summed E-state index contributed by atoms with van der Waals surface area (Å²) in [5.41, 5.74) is 2.18. The summed E-state index contributed by atoms with van der Waals surface area (Å²) in [4.78, 5) is 13.7. The fourth-order valence-corrected chi connectivity index (χ4v) is 1.50. The molecule has 0 saturated carbocycles. The standard InChI is InChI=1S/C14H19N3O/c1-5-11(3)17(4)14(18)16-13-8-12(9-15)7-6-10(13)2/h6-8,11H,5H2,1-4H3,(H,16,18). The number of hydrogen-bond acceptors (Lipinski definition) is 2. The number of rotatable bonds is 3. The molecule has 0 fully saturated rings. The predicted molar refractivity (Wildman–Crippen MR) is 72.4 cm³/mol. The summed E-state index contributed by atoms with van der Waals surface area (Å²) in [5.74, 6) is 0. The second kappa shape index (κ2) is 6.06. The van der Waals surface area contributed by atoms with Crippen molar-refractivity contribution in [1.29, 1.82) is 5.26 Å². The molecular formula is C14H19N3O. The Bertz CT molecular complexity index is 476. The summed E-state index contributed by atoms with van der Waals surface area (Å²) in [5, 5.41) is 11.7. The van der Waals surface area contributed by atoms with Gasteiger partial charge < -0.3 is 10.2 Å². The van der Waals surface area contributed by atoms with Gasteiger partial charge in [-0.05, 0) is 38.0 Å². The number of carbonyl (C=O) groups is 1. The normalized spacial score (nSPS) is 11.5. The third-order valence-corrected chi connectivity index (χ3v) is 3.18. The van der Waals surface area contributed by atoms with E-state index >= 15 is 0 Å². The second-order valence-electron chi connectivity index (χ2n) is 4.44. The van der Waals surface area contributed by atoms with E-state index in [2.05, 4.69) is 11.4 Å². The van der Waals surface area contributed by atoms with Crippen LogP contribution in [0.3, 0.4) is 0 Å². The van der Waals surface area contributed by atoms with E-state index in [1.165, 1.54) is 0 Å². The minimum atomic E-state index is -0.150. The third kappa shape index (κ3) is 3.24. The first-order valence-corrected chi connectivity index (χ1v) is 6.04. The van der Waals surface area contributed by atoms with Crippen LogP contribution in [0.4, 0.5) is 10.5 Å². The molecule has 2 amide bonds. The molecule has 1 aromatic rings. The van der Waals surface area contributed by atoms with Crippen LogP contribution in [0.1, 0.15) is 31.4 Å². The molecule has 1 aromatic carbocycles. The number of anilines is 1. The van der Waals surface area contributed by atoms with Crippen LogP contribution < -0.4 is 5.32 Å².